The minimum atomic E-state index is -0.354. The lowest BCUT2D eigenvalue weighted by atomic mass is 9.43. The summed E-state index contributed by atoms with van der Waals surface area (Å²) in [4.78, 5) is 0. The Bertz CT molecular complexity index is 620. The van der Waals surface area contributed by atoms with Crippen molar-refractivity contribution in [3.05, 3.63) is 0 Å². The largest absolute Gasteiger partial charge is 0.390 e. The lowest BCUT2D eigenvalue weighted by Gasteiger charge is -2.63. The third-order valence-corrected chi connectivity index (χ3v) is 13.1. The normalized spacial score (nSPS) is 58.7. The first-order valence-corrected chi connectivity index (χ1v) is 14.1. The summed E-state index contributed by atoms with van der Waals surface area (Å²) in [7, 11) is 0. The second-order valence-electron chi connectivity index (χ2n) is 12.5. The van der Waals surface area contributed by atoms with E-state index in [1.54, 1.807) is 0 Å². The fourth-order valence-electron chi connectivity index (χ4n) is 10.2. The first-order valence-electron chi connectivity index (χ1n) is 12.6. The molecular weight excluding hydrogens is 455 g/mol. The van der Waals surface area contributed by atoms with Gasteiger partial charge in [0.15, 0.2) is 0 Å². The van der Waals surface area contributed by atoms with Gasteiger partial charge >= 0.3 is 0 Å². The summed E-state index contributed by atoms with van der Waals surface area (Å²) in [5.41, 5.74) is 0.783. The van der Waals surface area contributed by atoms with E-state index in [0.29, 0.717) is 10.8 Å². The summed E-state index contributed by atoms with van der Waals surface area (Å²) in [6.45, 7) is 10.2. The van der Waals surface area contributed by atoms with Crippen LogP contribution in [-0.2, 0) is 0 Å². The van der Waals surface area contributed by atoms with Gasteiger partial charge in [-0.2, -0.15) is 0 Å². The van der Waals surface area contributed by atoms with Gasteiger partial charge in [-0.15, -0.1) is 0 Å². The first kappa shape index (κ1) is 20.6. The summed E-state index contributed by atoms with van der Waals surface area (Å²) in [5.74, 6) is 7.75. The van der Waals surface area contributed by atoms with E-state index in [4.69, 9.17) is 0 Å². The Labute approximate surface area is 187 Å². The lowest BCUT2D eigenvalue weighted by Crippen LogP contribution is -2.56. The molecule has 0 aromatic rings. The monoisotopic (exact) mass is 498 g/mol. The number of aliphatic hydroxyl groups is 1. The highest BCUT2D eigenvalue weighted by Crippen LogP contribution is 2.74. The SMILES string of the molecule is CC[C@]1(O)CC[C@@]2(C)[C@@H](CC[C@H]3[C@@H]4[C@H]5CC[C@H]5[C@H]([C@H](C)CI)[C@@]4(C)CC[C@@H]32)C1. The fraction of sp³-hybridized carbons (Fsp3) is 1.00. The van der Waals surface area contributed by atoms with Crippen molar-refractivity contribution in [2.45, 2.75) is 97.5 Å². The quantitative estimate of drug-likeness (QED) is 0.325. The first-order chi connectivity index (χ1) is 13.3. The molecule has 0 heterocycles. The van der Waals surface area contributed by atoms with Crippen LogP contribution in [0.25, 0.3) is 0 Å². The van der Waals surface area contributed by atoms with Crippen molar-refractivity contribution in [3.63, 3.8) is 0 Å². The molecule has 1 nitrogen and oxygen atoms in total. The van der Waals surface area contributed by atoms with Crippen LogP contribution in [0.2, 0.25) is 0 Å². The van der Waals surface area contributed by atoms with Crippen LogP contribution < -0.4 is 0 Å². The van der Waals surface area contributed by atoms with Gasteiger partial charge in [-0.05, 0) is 122 Å². The molecule has 5 aliphatic carbocycles. The molecule has 5 saturated carbocycles. The third-order valence-electron chi connectivity index (χ3n) is 11.7. The molecule has 11 atom stereocenters. The molecule has 28 heavy (non-hydrogen) atoms. The molecule has 0 amide bonds. The van der Waals surface area contributed by atoms with Crippen molar-refractivity contribution >= 4 is 22.6 Å². The zero-order valence-electron chi connectivity index (χ0n) is 18.7. The molecule has 0 aromatic carbocycles. The molecule has 0 unspecified atom stereocenters. The predicted octanol–water partition coefficient (Wildman–Crippen LogP) is 7.10. The zero-order chi connectivity index (χ0) is 19.9. The molecular formula is C26H43IO. The molecule has 1 N–H and O–H groups in total. The van der Waals surface area contributed by atoms with Crippen molar-refractivity contribution in [1.82, 2.24) is 0 Å². The molecule has 5 aliphatic rings. The van der Waals surface area contributed by atoms with E-state index in [9.17, 15) is 5.11 Å². The summed E-state index contributed by atoms with van der Waals surface area (Å²) < 4.78 is 1.34. The van der Waals surface area contributed by atoms with Gasteiger partial charge in [0.25, 0.3) is 0 Å². The van der Waals surface area contributed by atoms with Crippen LogP contribution in [0.1, 0.15) is 91.9 Å². The Kier molecular flexibility index (Phi) is 5.03. The highest BCUT2D eigenvalue weighted by molar-refractivity contribution is 14.1. The Hall–Kier alpha value is 0.690. The predicted molar refractivity (Wildman–Crippen MR) is 125 cm³/mol. The maximum Gasteiger partial charge on any atom is 0.0648 e. The van der Waals surface area contributed by atoms with Gasteiger partial charge in [0.2, 0.25) is 0 Å². The van der Waals surface area contributed by atoms with E-state index in [-0.39, 0.29) is 5.60 Å². The van der Waals surface area contributed by atoms with Crippen LogP contribution >= 0.6 is 22.6 Å². The molecule has 0 saturated heterocycles. The van der Waals surface area contributed by atoms with E-state index < -0.39 is 0 Å². The zero-order valence-corrected chi connectivity index (χ0v) is 20.9. The lowest BCUT2D eigenvalue weighted by molar-refractivity contribution is -0.157. The van der Waals surface area contributed by atoms with E-state index in [2.05, 4.69) is 50.3 Å². The minimum Gasteiger partial charge on any atom is -0.390 e. The molecule has 0 bridgehead atoms. The maximum absolute atomic E-state index is 11.0. The van der Waals surface area contributed by atoms with Crippen molar-refractivity contribution in [2.24, 2.45) is 58.2 Å². The second kappa shape index (κ2) is 6.84. The number of rotatable bonds is 3. The van der Waals surface area contributed by atoms with Crippen molar-refractivity contribution in [2.75, 3.05) is 4.43 Å². The molecule has 2 heteroatoms. The van der Waals surface area contributed by atoms with Crippen LogP contribution in [0.5, 0.6) is 0 Å². The van der Waals surface area contributed by atoms with Crippen molar-refractivity contribution < 1.29 is 5.11 Å². The van der Waals surface area contributed by atoms with Crippen molar-refractivity contribution in [1.29, 1.82) is 0 Å². The number of fused-ring (bicyclic) bond motifs is 7. The molecule has 5 rings (SSSR count). The van der Waals surface area contributed by atoms with Crippen LogP contribution in [0.3, 0.4) is 0 Å². The summed E-state index contributed by atoms with van der Waals surface area (Å²) in [6, 6.07) is 0. The fourth-order valence-corrected chi connectivity index (χ4v) is 10.8. The van der Waals surface area contributed by atoms with Crippen molar-refractivity contribution in [3.8, 4) is 0 Å². The second-order valence-corrected chi connectivity index (χ2v) is 13.3. The number of alkyl halides is 1. The minimum absolute atomic E-state index is 0.354. The Balaban J connectivity index is 1.45. The topological polar surface area (TPSA) is 20.2 Å². The van der Waals surface area contributed by atoms with Gasteiger partial charge < -0.3 is 5.11 Å². The maximum atomic E-state index is 11.0. The average Bonchev–Trinajstić information content (AvgIpc) is 2.84. The molecule has 5 fully saturated rings. The van der Waals surface area contributed by atoms with Gasteiger partial charge in [0.05, 0.1) is 5.60 Å². The van der Waals surface area contributed by atoms with Gasteiger partial charge in [0, 0.05) is 4.43 Å². The summed E-state index contributed by atoms with van der Waals surface area (Å²) in [6.07, 6.45) is 13.3. The standard InChI is InChI=1S/C26H43IO/c1-5-26(28)13-12-24(3)17(14-26)6-7-20-21(24)10-11-25(4)22(16(2)15-27)18-8-9-19(18)23(20)25/h16-23,28H,5-15H2,1-4H3/t16-,17+,18-,19+,20-,21+,22+,23+,24+,25-,26+/m1/s1. The van der Waals surface area contributed by atoms with Gasteiger partial charge in [-0.25, -0.2) is 0 Å². The molecule has 160 valence electrons. The number of hydrogen-bond donors (Lipinski definition) is 1. The summed E-state index contributed by atoms with van der Waals surface area (Å²) >= 11 is 2.66. The Morgan fingerprint density at radius 2 is 1.64 bits per heavy atom. The summed E-state index contributed by atoms with van der Waals surface area (Å²) in [5, 5.41) is 11.0. The van der Waals surface area contributed by atoms with Gasteiger partial charge in [-0.1, -0.05) is 50.3 Å². The highest BCUT2D eigenvalue weighted by atomic mass is 127. The molecule has 0 aliphatic heterocycles. The smallest absolute Gasteiger partial charge is 0.0648 e. The molecule has 0 spiro atoms. The average molecular weight is 499 g/mol. The van der Waals surface area contributed by atoms with Crippen LogP contribution in [0, 0.1) is 58.2 Å². The third kappa shape index (κ3) is 2.64. The highest BCUT2D eigenvalue weighted by Gasteiger charge is 2.68. The van der Waals surface area contributed by atoms with Gasteiger partial charge in [-0.3, -0.25) is 0 Å². The van der Waals surface area contributed by atoms with Gasteiger partial charge in [0.1, 0.15) is 0 Å². The Morgan fingerprint density at radius 1 is 0.929 bits per heavy atom. The molecule has 0 aromatic heterocycles. The van der Waals surface area contributed by atoms with E-state index in [1.165, 1.54) is 49.4 Å². The molecule has 0 radical (unpaired) electrons. The van der Waals surface area contributed by atoms with E-state index in [1.807, 2.05) is 0 Å². The van der Waals surface area contributed by atoms with E-state index >= 15 is 0 Å². The van der Waals surface area contributed by atoms with E-state index in [0.717, 1.165) is 66.6 Å². The van der Waals surface area contributed by atoms with Crippen LogP contribution in [-0.4, -0.2) is 15.1 Å². The number of halogens is 1. The number of hydrogen-bond acceptors (Lipinski definition) is 1. The van der Waals surface area contributed by atoms with Crippen LogP contribution in [0.15, 0.2) is 0 Å². The Morgan fingerprint density at radius 3 is 2.29 bits per heavy atom. The van der Waals surface area contributed by atoms with Crippen LogP contribution in [0.4, 0.5) is 0 Å².